The highest BCUT2D eigenvalue weighted by Gasteiger charge is 2.12. The zero-order chi connectivity index (χ0) is 19.5. The van der Waals surface area contributed by atoms with Gasteiger partial charge in [0.15, 0.2) is 5.76 Å². The van der Waals surface area contributed by atoms with Crippen molar-refractivity contribution in [2.24, 2.45) is 5.10 Å². The van der Waals surface area contributed by atoms with Gasteiger partial charge in [-0.2, -0.15) is 5.10 Å². The van der Waals surface area contributed by atoms with E-state index in [2.05, 4.69) is 10.5 Å². The maximum absolute atomic E-state index is 12.1. The Balaban J connectivity index is 1.45. The number of fused-ring (bicyclic) bond motifs is 1. The summed E-state index contributed by atoms with van der Waals surface area (Å²) in [6, 6.07) is 18.3. The van der Waals surface area contributed by atoms with Crippen molar-refractivity contribution in [3.8, 4) is 11.3 Å². The largest absolute Gasteiger partial charge is 0.455 e. The lowest BCUT2D eigenvalue weighted by molar-refractivity contribution is -0.384. The van der Waals surface area contributed by atoms with Crippen LogP contribution >= 0.6 is 0 Å². The van der Waals surface area contributed by atoms with Gasteiger partial charge in [-0.05, 0) is 24.3 Å². The smallest absolute Gasteiger partial charge is 0.307 e. The number of hydrazone groups is 1. The van der Waals surface area contributed by atoms with Crippen molar-refractivity contribution in [1.29, 1.82) is 0 Å². The molecule has 0 unspecified atom stereocenters. The standard InChI is InChI=1S/C20H13N3O5/c24-20(19-11-14-4-1-2-7-17(14)28-19)22-21-12-16-8-9-18(27-16)13-5-3-6-15(10-13)23(25)26/h1-12H,(H,22,24)/b21-12+. The second-order valence-electron chi connectivity index (χ2n) is 5.86. The van der Waals surface area contributed by atoms with Crippen LogP contribution < -0.4 is 5.43 Å². The minimum Gasteiger partial charge on any atom is -0.455 e. The summed E-state index contributed by atoms with van der Waals surface area (Å²) in [5, 5.41) is 15.6. The van der Waals surface area contributed by atoms with Gasteiger partial charge in [-0.15, -0.1) is 0 Å². The minimum absolute atomic E-state index is 0.0257. The number of para-hydroxylation sites is 1. The highest BCUT2D eigenvalue weighted by molar-refractivity contribution is 5.96. The van der Waals surface area contributed by atoms with Gasteiger partial charge < -0.3 is 8.83 Å². The van der Waals surface area contributed by atoms with Crippen LogP contribution in [0.1, 0.15) is 16.3 Å². The number of hydrogen-bond acceptors (Lipinski definition) is 6. The summed E-state index contributed by atoms with van der Waals surface area (Å²) >= 11 is 0. The average molecular weight is 375 g/mol. The third-order valence-corrected chi connectivity index (χ3v) is 3.98. The van der Waals surface area contributed by atoms with Crippen LogP contribution in [0.3, 0.4) is 0 Å². The summed E-state index contributed by atoms with van der Waals surface area (Å²) < 4.78 is 11.1. The first-order chi connectivity index (χ1) is 13.6. The van der Waals surface area contributed by atoms with Gasteiger partial charge in [0.1, 0.15) is 17.1 Å². The number of nitrogens with one attached hydrogen (secondary N) is 1. The van der Waals surface area contributed by atoms with Crippen molar-refractivity contribution in [2.75, 3.05) is 0 Å². The molecule has 4 aromatic rings. The maximum Gasteiger partial charge on any atom is 0.307 e. The maximum atomic E-state index is 12.1. The molecule has 2 aromatic heterocycles. The highest BCUT2D eigenvalue weighted by Crippen LogP contribution is 2.25. The first kappa shape index (κ1) is 17.2. The molecule has 0 atom stereocenters. The zero-order valence-corrected chi connectivity index (χ0v) is 14.4. The molecule has 138 valence electrons. The minimum atomic E-state index is -0.488. The second kappa shape index (κ2) is 7.20. The van der Waals surface area contributed by atoms with Crippen LogP contribution in [0, 0.1) is 10.1 Å². The van der Waals surface area contributed by atoms with Crippen molar-refractivity contribution >= 4 is 28.8 Å². The van der Waals surface area contributed by atoms with E-state index in [1.807, 2.05) is 18.2 Å². The number of non-ortho nitro benzene ring substituents is 1. The molecule has 0 saturated carbocycles. The molecule has 1 amide bonds. The van der Waals surface area contributed by atoms with Gasteiger partial charge in [0.2, 0.25) is 0 Å². The Labute approximate surface area is 158 Å². The molecule has 1 N–H and O–H groups in total. The van der Waals surface area contributed by atoms with Crippen LogP contribution in [0.2, 0.25) is 0 Å². The topological polar surface area (TPSA) is 111 Å². The van der Waals surface area contributed by atoms with Crippen molar-refractivity contribution in [1.82, 2.24) is 5.43 Å². The van der Waals surface area contributed by atoms with Gasteiger partial charge in [0, 0.05) is 23.1 Å². The lowest BCUT2D eigenvalue weighted by Gasteiger charge is -1.97. The third-order valence-electron chi connectivity index (χ3n) is 3.98. The number of rotatable bonds is 5. The molecule has 0 fully saturated rings. The summed E-state index contributed by atoms with van der Waals surface area (Å²) in [6.45, 7) is 0. The average Bonchev–Trinajstić information content (AvgIpc) is 3.35. The number of nitro groups is 1. The summed E-state index contributed by atoms with van der Waals surface area (Å²) in [6.07, 6.45) is 1.33. The molecule has 28 heavy (non-hydrogen) atoms. The molecule has 0 saturated heterocycles. The fraction of sp³-hybridized carbons (Fsp3) is 0. The van der Waals surface area contributed by atoms with E-state index in [9.17, 15) is 14.9 Å². The third kappa shape index (κ3) is 3.51. The number of benzene rings is 2. The first-order valence-corrected chi connectivity index (χ1v) is 8.27. The van der Waals surface area contributed by atoms with E-state index in [1.54, 1.807) is 36.4 Å². The van der Waals surface area contributed by atoms with E-state index in [4.69, 9.17) is 8.83 Å². The predicted molar refractivity (Wildman–Crippen MR) is 102 cm³/mol. The van der Waals surface area contributed by atoms with E-state index in [1.165, 1.54) is 18.3 Å². The van der Waals surface area contributed by atoms with E-state index in [0.717, 1.165) is 5.39 Å². The molecule has 0 spiro atoms. The van der Waals surface area contributed by atoms with Crippen LogP contribution in [0.5, 0.6) is 0 Å². The lowest BCUT2D eigenvalue weighted by Crippen LogP contribution is -2.16. The Morgan fingerprint density at radius 1 is 1.04 bits per heavy atom. The van der Waals surface area contributed by atoms with Crippen molar-refractivity contribution < 1.29 is 18.6 Å². The lowest BCUT2D eigenvalue weighted by atomic mass is 10.1. The molecule has 2 heterocycles. The zero-order valence-electron chi connectivity index (χ0n) is 14.4. The van der Waals surface area contributed by atoms with E-state index >= 15 is 0 Å². The number of furan rings is 2. The van der Waals surface area contributed by atoms with Crippen molar-refractivity contribution in [3.63, 3.8) is 0 Å². The van der Waals surface area contributed by atoms with Crippen LogP contribution in [-0.2, 0) is 0 Å². The summed E-state index contributed by atoms with van der Waals surface area (Å²) in [4.78, 5) is 22.5. The fourth-order valence-electron chi connectivity index (χ4n) is 2.65. The van der Waals surface area contributed by atoms with E-state index in [0.29, 0.717) is 22.7 Å². The molecule has 0 aliphatic rings. The molecular weight excluding hydrogens is 362 g/mol. The van der Waals surface area contributed by atoms with E-state index < -0.39 is 10.8 Å². The number of hydrogen-bond donors (Lipinski definition) is 1. The Morgan fingerprint density at radius 2 is 1.89 bits per heavy atom. The van der Waals surface area contributed by atoms with Crippen LogP contribution in [-0.4, -0.2) is 17.0 Å². The number of carbonyl (C=O) groups excluding carboxylic acids is 1. The highest BCUT2D eigenvalue weighted by atomic mass is 16.6. The van der Waals surface area contributed by atoms with Gasteiger partial charge in [0.25, 0.3) is 5.69 Å². The molecule has 0 aliphatic heterocycles. The van der Waals surface area contributed by atoms with Crippen molar-refractivity contribution in [3.05, 3.63) is 88.4 Å². The molecule has 8 nitrogen and oxygen atoms in total. The predicted octanol–water partition coefficient (Wildman–Crippen LogP) is 4.36. The summed E-state index contributed by atoms with van der Waals surface area (Å²) in [7, 11) is 0. The van der Waals surface area contributed by atoms with Gasteiger partial charge in [-0.3, -0.25) is 14.9 Å². The Morgan fingerprint density at radius 3 is 2.71 bits per heavy atom. The Hall–Kier alpha value is -4.20. The molecule has 0 radical (unpaired) electrons. The van der Waals surface area contributed by atoms with Gasteiger partial charge >= 0.3 is 5.91 Å². The van der Waals surface area contributed by atoms with Gasteiger partial charge in [-0.25, -0.2) is 5.43 Å². The number of nitrogens with zero attached hydrogens (tertiary/aromatic N) is 2. The second-order valence-corrected chi connectivity index (χ2v) is 5.86. The molecular formula is C20H13N3O5. The Bertz CT molecular complexity index is 1170. The fourth-order valence-corrected chi connectivity index (χ4v) is 2.65. The monoisotopic (exact) mass is 375 g/mol. The van der Waals surface area contributed by atoms with Gasteiger partial charge in [0.05, 0.1) is 11.1 Å². The molecule has 0 aliphatic carbocycles. The SMILES string of the molecule is O=C(N/N=C/c1ccc(-c2cccc([N+](=O)[O-])c2)o1)c1cc2ccccc2o1. The van der Waals surface area contributed by atoms with Crippen LogP contribution in [0.4, 0.5) is 5.69 Å². The van der Waals surface area contributed by atoms with Gasteiger partial charge in [-0.1, -0.05) is 30.3 Å². The molecule has 2 aromatic carbocycles. The van der Waals surface area contributed by atoms with Crippen LogP contribution in [0.15, 0.2) is 80.7 Å². The van der Waals surface area contributed by atoms with E-state index in [-0.39, 0.29) is 11.4 Å². The quantitative estimate of drug-likeness (QED) is 0.316. The number of nitro benzene ring substituents is 1. The summed E-state index contributed by atoms with van der Waals surface area (Å²) in [5.41, 5.74) is 3.53. The number of carbonyl (C=O) groups is 1. The molecule has 4 rings (SSSR count). The number of amides is 1. The van der Waals surface area contributed by atoms with Crippen LogP contribution in [0.25, 0.3) is 22.3 Å². The summed E-state index contributed by atoms with van der Waals surface area (Å²) in [5.74, 6) is 0.494. The Kier molecular flexibility index (Phi) is 4.43. The molecule has 0 bridgehead atoms. The first-order valence-electron chi connectivity index (χ1n) is 8.27. The van der Waals surface area contributed by atoms with Crippen molar-refractivity contribution in [2.45, 2.75) is 0 Å². The molecule has 8 heteroatoms. The normalized spacial score (nSPS) is 11.1.